The van der Waals surface area contributed by atoms with Gasteiger partial charge in [0.05, 0.1) is 5.84 Å². The number of rotatable bonds is 4. The first-order chi connectivity index (χ1) is 7.59. The lowest BCUT2D eigenvalue weighted by Gasteiger charge is -2.30. The molecule has 1 aliphatic heterocycles. The molecule has 16 heavy (non-hydrogen) atoms. The average Bonchev–Trinajstić information content (AvgIpc) is 2.24. The zero-order chi connectivity index (χ0) is 12.0. The van der Waals surface area contributed by atoms with Crippen LogP contribution in [0.15, 0.2) is 0 Å². The normalized spacial score (nSPS) is 20.6. The van der Waals surface area contributed by atoms with Gasteiger partial charge in [-0.1, -0.05) is 6.92 Å². The van der Waals surface area contributed by atoms with Crippen LogP contribution < -0.4 is 11.1 Å². The van der Waals surface area contributed by atoms with Crippen LogP contribution in [0.1, 0.15) is 32.6 Å². The minimum atomic E-state index is 0.0232. The van der Waals surface area contributed by atoms with Gasteiger partial charge in [0.25, 0.3) is 0 Å². The number of hydrogen-bond acceptors (Lipinski definition) is 2. The third-order valence-electron chi connectivity index (χ3n) is 2.84. The van der Waals surface area contributed by atoms with Crippen LogP contribution >= 0.6 is 0 Å². The van der Waals surface area contributed by atoms with E-state index in [2.05, 4.69) is 12.2 Å². The molecule has 1 rings (SSSR count). The quantitative estimate of drug-likeness (QED) is 0.382. The summed E-state index contributed by atoms with van der Waals surface area (Å²) < 4.78 is 0. The SMILES string of the molecule is CC1CCCN(C(=O)NCCCC(=N)N)C1. The maximum absolute atomic E-state index is 11.7. The zero-order valence-corrected chi connectivity index (χ0v) is 9.96. The van der Waals surface area contributed by atoms with Gasteiger partial charge in [-0.25, -0.2) is 4.79 Å². The number of hydrogen-bond donors (Lipinski definition) is 3. The van der Waals surface area contributed by atoms with Gasteiger partial charge in [-0.15, -0.1) is 0 Å². The van der Waals surface area contributed by atoms with Crippen LogP contribution in [0.2, 0.25) is 0 Å². The van der Waals surface area contributed by atoms with Crippen molar-refractivity contribution in [3.8, 4) is 0 Å². The Bertz CT molecular complexity index is 254. The Morgan fingerprint density at radius 3 is 3.00 bits per heavy atom. The summed E-state index contributed by atoms with van der Waals surface area (Å²) in [6, 6.07) is 0.0232. The lowest BCUT2D eigenvalue weighted by atomic mass is 10.0. The maximum atomic E-state index is 11.7. The van der Waals surface area contributed by atoms with Crippen molar-refractivity contribution in [3.63, 3.8) is 0 Å². The van der Waals surface area contributed by atoms with E-state index in [4.69, 9.17) is 11.1 Å². The monoisotopic (exact) mass is 226 g/mol. The first-order valence-corrected chi connectivity index (χ1v) is 5.95. The highest BCUT2D eigenvalue weighted by atomic mass is 16.2. The summed E-state index contributed by atoms with van der Waals surface area (Å²) in [4.78, 5) is 13.6. The molecule has 1 unspecified atom stereocenters. The first-order valence-electron chi connectivity index (χ1n) is 5.95. The van der Waals surface area contributed by atoms with Crippen molar-refractivity contribution in [1.29, 1.82) is 5.41 Å². The first kappa shape index (κ1) is 12.8. The highest BCUT2D eigenvalue weighted by Gasteiger charge is 2.20. The molecule has 0 aromatic heterocycles. The molecule has 5 heteroatoms. The molecule has 1 saturated heterocycles. The van der Waals surface area contributed by atoms with E-state index in [0.717, 1.165) is 25.9 Å². The van der Waals surface area contributed by atoms with Crippen LogP contribution in [-0.2, 0) is 0 Å². The van der Waals surface area contributed by atoms with Crippen LogP contribution in [0.4, 0.5) is 4.79 Å². The van der Waals surface area contributed by atoms with Gasteiger partial charge in [0.1, 0.15) is 0 Å². The Morgan fingerprint density at radius 1 is 1.62 bits per heavy atom. The van der Waals surface area contributed by atoms with Crippen molar-refractivity contribution >= 4 is 11.9 Å². The number of carbonyl (C=O) groups excluding carboxylic acids is 1. The lowest BCUT2D eigenvalue weighted by Crippen LogP contribution is -2.45. The van der Waals surface area contributed by atoms with Crippen molar-refractivity contribution < 1.29 is 4.79 Å². The Morgan fingerprint density at radius 2 is 2.38 bits per heavy atom. The molecule has 1 atom stereocenters. The molecule has 4 N–H and O–H groups in total. The van der Waals surface area contributed by atoms with E-state index in [-0.39, 0.29) is 11.9 Å². The van der Waals surface area contributed by atoms with E-state index in [1.165, 1.54) is 6.42 Å². The number of nitrogens with zero attached hydrogens (tertiary/aromatic N) is 1. The Kier molecular flexibility index (Phi) is 5.08. The fourth-order valence-electron chi connectivity index (χ4n) is 1.96. The zero-order valence-electron chi connectivity index (χ0n) is 9.96. The van der Waals surface area contributed by atoms with Gasteiger partial charge in [-0.3, -0.25) is 5.41 Å². The summed E-state index contributed by atoms with van der Waals surface area (Å²) in [6.07, 6.45) is 3.61. The van der Waals surface area contributed by atoms with Crippen molar-refractivity contribution in [2.24, 2.45) is 11.7 Å². The summed E-state index contributed by atoms with van der Waals surface area (Å²) >= 11 is 0. The van der Waals surface area contributed by atoms with E-state index in [0.29, 0.717) is 18.9 Å². The standard InChI is InChI=1S/C11H22N4O/c1-9-4-3-7-15(8-9)11(16)14-6-2-5-10(12)13/h9H,2-8H2,1H3,(H3,12,13)(H,14,16). The van der Waals surface area contributed by atoms with Crippen molar-refractivity contribution in [1.82, 2.24) is 10.2 Å². The van der Waals surface area contributed by atoms with E-state index in [1.54, 1.807) is 0 Å². The minimum absolute atomic E-state index is 0.0232. The predicted molar refractivity (Wildman–Crippen MR) is 64.5 cm³/mol. The molecule has 0 aromatic carbocycles. The second-order valence-corrected chi connectivity index (χ2v) is 4.55. The Balaban J connectivity index is 2.16. The second kappa shape index (κ2) is 6.35. The van der Waals surface area contributed by atoms with Crippen LogP contribution in [0.25, 0.3) is 0 Å². The van der Waals surface area contributed by atoms with E-state index >= 15 is 0 Å². The van der Waals surface area contributed by atoms with Crippen molar-refractivity contribution in [2.75, 3.05) is 19.6 Å². The number of nitrogens with one attached hydrogen (secondary N) is 2. The topological polar surface area (TPSA) is 82.2 Å². The Labute approximate surface area is 96.9 Å². The molecule has 92 valence electrons. The van der Waals surface area contributed by atoms with Crippen LogP contribution in [0.3, 0.4) is 0 Å². The molecule has 0 spiro atoms. The maximum Gasteiger partial charge on any atom is 0.317 e. The molecule has 0 aromatic rings. The van der Waals surface area contributed by atoms with E-state index < -0.39 is 0 Å². The van der Waals surface area contributed by atoms with Gasteiger partial charge in [-0.05, 0) is 25.2 Å². The predicted octanol–water partition coefficient (Wildman–Crippen LogP) is 1.14. The molecule has 2 amide bonds. The highest BCUT2D eigenvalue weighted by molar-refractivity contribution is 5.77. The molecular weight excluding hydrogens is 204 g/mol. The van der Waals surface area contributed by atoms with Crippen LogP contribution in [0.5, 0.6) is 0 Å². The van der Waals surface area contributed by atoms with Gasteiger partial charge < -0.3 is 16.0 Å². The second-order valence-electron chi connectivity index (χ2n) is 4.55. The fourth-order valence-corrected chi connectivity index (χ4v) is 1.96. The summed E-state index contributed by atoms with van der Waals surface area (Å²) in [5, 5.41) is 9.92. The summed E-state index contributed by atoms with van der Waals surface area (Å²) in [6.45, 7) is 4.50. The third kappa shape index (κ3) is 4.51. The summed E-state index contributed by atoms with van der Waals surface area (Å²) in [5.74, 6) is 0.789. The number of carbonyl (C=O) groups is 1. The van der Waals surface area contributed by atoms with E-state index in [1.807, 2.05) is 4.90 Å². The fraction of sp³-hybridized carbons (Fsp3) is 0.818. The smallest absolute Gasteiger partial charge is 0.317 e. The molecule has 1 heterocycles. The van der Waals surface area contributed by atoms with Gasteiger partial charge in [0.15, 0.2) is 0 Å². The molecule has 0 radical (unpaired) electrons. The van der Waals surface area contributed by atoms with Gasteiger partial charge in [0.2, 0.25) is 0 Å². The van der Waals surface area contributed by atoms with E-state index in [9.17, 15) is 4.79 Å². The molecule has 0 aliphatic carbocycles. The number of amides is 2. The van der Waals surface area contributed by atoms with Crippen LogP contribution in [-0.4, -0.2) is 36.4 Å². The molecule has 1 fully saturated rings. The average molecular weight is 226 g/mol. The van der Waals surface area contributed by atoms with Gasteiger partial charge in [0, 0.05) is 26.1 Å². The van der Waals surface area contributed by atoms with Gasteiger partial charge >= 0.3 is 6.03 Å². The molecule has 0 bridgehead atoms. The molecular formula is C11H22N4O. The lowest BCUT2D eigenvalue weighted by molar-refractivity contribution is 0.170. The van der Waals surface area contributed by atoms with Crippen molar-refractivity contribution in [3.05, 3.63) is 0 Å². The van der Waals surface area contributed by atoms with Gasteiger partial charge in [-0.2, -0.15) is 0 Å². The number of likely N-dealkylation sites (tertiary alicyclic amines) is 1. The summed E-state index contributed by atoms with van der Waals surface area (Å²) in [7, 11) is 0. The number of nitrogens with two attached hydrogens (primary N) is 1. The molecule has 5 nitrogen and oxygen atoms in total. The van der Waals surface area contributed by atoms with Crippen LogP contribution in [0, 0.1) is 11.3 Å². The third-order valence-corrected chi connectivity index (χ3v) is 2.84. The minimum Gasteiger partial charge on any atom is -0.388 e. The molecule has 0 saturated carbocycles. The molecule has 1 aliphatic rings. The number of amidine groups is 1. The highest BCUT2D eigenvalue weighted by Crippen LogP contribution is 2.15. The van der Waals surface area contributed by atoms with Crippen molar-refractivity contribution in [2.45, 2.75) is 32.6 Å². The summed E-state index contributed by atoms with van der Waals surface area (Å²) in [5.41, 5.74) is 5.23. The Hall–Kier alpha value is -1.26. The number of piperidine rings is 1. The largest absolute Gasteiger partial charge is 0.388 e. The number of urea groups is 1.